The third kappa shape index (κ3) is 5.18. The van der Waals surface area contributed by atoms with Crippen molar-refractivity contribution < 1.29 is 13.9 Å². The van der Waals surface area contributed by atoms with Crippen molar-refractivity contribution in [3.63, 3.8) is 0 Å². The molecule has 0 spiro atoms. The van der Waals surface area contributed by atoms with Crippen molar-refractivity contribution in [2.45, 2.75) is 31.7 Å². The third-order valence-corrected chi connectivity index (χ3v) is 3.05. The number of rotatable bonds is 6. The van der Waals surface area contributed by atoms with Gasteiger partial charge in [0.1, 0.15) is 0 Å². The average Bonchev–Trinajstić information content (AvgIpc) is 2.23. The minimum Gasteiger partial charge on any atom is -0.396 e. The summed E-state index contributed by atoms with van der Waals surface area (Å²) in [4.78, 5) is 2.18. The van der Waals surface area contributed by atoms with Crippen LogP contribution in [0, 0.1) is 5.92 Å². The number of piperidine rings is 1. The zero-order chi connectivity index (χ0) is 12.0. The number of aliphatic hydroxyl groups excluding tert-OH is 1. The Morgan fingerprint density at radius 1 is 1.44 bits per heavy atom. The van der Waals surface area contributed by atoms with Gasteiger partial charge in [-0.3, -0.25) is 0 Å². The molecule has 0 aromatic heterocycles. The molecule has 2 atom stereocenters. The Kier molecular flexibility index (Phi) is 6.16. The number of likely N-dealkylation sites (tertiary alicyclic amines) is 1. The fraction of sp³-hybridized carbons (Fsp3) is 1.00. The van der Waals surface area contributed by atoms with Crippen molar-refractivity contribution in [1.82, 2.24) is 10.2 Å². The quantitative estimate of drug-likeness (QED) is 0.720. The Morgan fingerprint density at radius 2 is 2.19 bits per heavy atom. The third-order valence-electron chi connectivity index (χ3n) is 3.05. The van der Waals surface area contributed by atoms with Gasteiger partial charge in [-0.1, -0.05) is 0 Å². The fourth-order valence-corrected chi connectivity index (χ4v) is 2.44. The molecule has 1 fully saturated rings. The summed E-state index contributed by atoms with van der Waals surface area (Å²) in [5.74, 6) is 0.515. The van der Waals surface area contributed by atoms with E-state index in [1.165, 1.54) is 0 Å². The summed E-state index contributed by atoms with van der Waals surface area (Å²) >= 11 is 0. The Labute approximate surface area is 95.8 Å². The number of alkyl halides is 2. The lowest BCUT2D eigenvalue weighted by atomic mass is 9.91. The summed E-state index contributed by atoms with van der Waals surface area (Å²) in [6.45, 7) is 1.84. The van der Waals surface area contributed by atoms with Crippen LogP contribution in [0.1, 0.15) is 19.3 Å². The fourth-order valence-electron chi connectivity index (χ4n) is 2.44. The van der Waals surface area contributed by atoms with Crippen molar-refractivity contribution >= 4 is 0 Å². The predicted molar refractivity (Wildman–Crippen MR) is 59.7 cm³/mol. The SMILES string of the molecule is CN1CC(CCCO)CC(NCC(F)F)C1. The zero-order valence-corrected chi connectivity index (χ0v) is 9.83. The van der Waals surface area contributed by atoms with E-state index >= 15 is 0 Å². The van der Waals surface area contributed by atoms with Gasteiger partial charge in [0.2, 0.25) is 0 Å². The van der Waals surface area contributed by atoms with E-state index in [1.807, 2.05) is 7.05 Å². The van der Waals surface area contributed by atoms with Gasteiger partial charge in [-0.15, -0.1) is 0 Å². The molecule has 2 unspecified atom stereocenters. The van der Waals surface area contributed by atoms with Gasteiger partial charge in [-0.05, 0) is 32.2 Å². The molecule has 1 saturated heterocycles. The van der Waals surface area contributed by atoms with Gasteiger partial charge >= 0.3 is 0 Å². The monoisotopic (exact) mass is 236 g/mol. The number of aliphatic hydroxyl groups is 1. The zero-order valence-electron chi connectivity index (χ0n) is 9.83. The lowest BCUT2D eigenvalue weighted by Crippen LogP contribution is -2.48. The number of likely N-dealkylation sites (N-methyl/N-ethyl adjacent to an activating group) is 1. The Balaban J connectivity index is 2.29. The molecule has 0 aliphatic carbocycles. The molecule has 3 nitrogen and oxygen atoms in total. The van der Waals surface area contributed by atoms with E-state index in [4.69, 9.17) is 5.11 Å². The lowest BCUT2D eigenvalue weighted by molar-refractivity contribution is 0.115. The molecular weight excluding hydrogens is 214 g/mol. The minimum atomic E-state index is -2.27. The van der Waals surface area contributed by atoms with E-state index in [-0.39, 0.29) is 19.2 Å². The standard InChI is InChI=1S/C11H22F2N2O/c1-15-7-9(3-2-4-16)5-10(8-15)14-6-11(12)13/h9-11,14,16H,2-8H2,1H3. The summed E-state index contributed by atoms with van der Waals surface area (Å²) in [6, 6.07) is 0.163. The van der Waals surface area contributed by atoms with Crippen molar-refractivity contribution in [2.24, 2.45) is 5.92 Å². The molecule has 1 aliphatic rings. The maximum atomic E-state index is 12.1. The number of nitrogens with zero attached hydrogens (tertiary/aromatic N) is 1. The second kappa shape index (κ2) is 7.14. The van der Waals surface area contributed by atoms with E-state index in [9.17, 15) is 8.78 Å². The van der Waals surface area contributed by atoms with Crippen LogP contribution in [0.3, 0.4) is 0 Å². The largest absolute Gasteiger partial charge is 0.396 e. The number of hydrogen-bond donors (Lipinski definition) is 2. The van der Waals surface area contributed by atoms with E-state index in [1.54, 1.807) is 0 Å². The summed E-state index contributed by atoms with van der Waals surface area (Å²) in [5.41, 5.74) is 0. The molecule has 1 rings (SSSR count). The predicted octanol–water partition coefficient (Wildman–Crippen LogP) is 0.934. The highest BCUT2D eigenvalue weighted by atomic mass is 19.3. The molecule has 0 radical (unpaired) electrons. The van der Waals surface area contributed by atoms with E-state index in [0.29, 0.717) is 5.92 Å². The van der Waals surface area contributed by atoms with Crippen LogP contribution in [0.25, 0.3) is 0 Å². The summed E-state index contributed by atoms with van der Waals surface area (Å²) < 4.78 is 24.2. The highest BCUT2D eigenvalue weighted by molar-refractivity contribution is 4.82. The van der Waals surface area contributed by atoms with Crippen LogP contribution >= 0.6 is 0 Å². The van der Waals surface area contributed by atoms with Crippen molar-refractivity contribution in [3.05, 3.63) is 0 Å². The topological polar surface area (TPSA) is 35.5 Å². The smallest absolute Gasteiger partial charge is 0.250 e. The first-order valence-electron chi connectivity index (χ1n) is 5.92. The Morgan fingerprint density at radius 3 is 2.81 bits per heavy atom. The first kappa shape index (κ1) is 13.8. The first-order chi connectivity index (χ1) is 7.61. The molecule has 5 heteroatoms. The van der Waals surface area contributed by atoms with Crippen molar-refractivity contribution in [3.8, 4) is 0 Å². The van der Waals surface area contributed by atoms with Crippen molar-refractivity contribution in [1.29, 1.82) is 0 Å². The highest BCUT2D eigenvalue weighted by Gasteiger charge is 2.24. The van der Waals surface area contributed by atoms with Gasteiger partial charge in [0, 0.05) is 25.7 Å². The average molecular weight is 236 g/mol. The maximum Gasteiger partial charge on any atom is 0.250 e. The molecule has 0 saturated carbocycles. The van der Waals surface area contributed by atoms with Crippen LogP contribution in [0.15, 0.2) is 0 Å². The Hall–Kier alpha value is -0.260. The normalized spacial score (nSPS) is 27.6. The van der Waals surface area contributed by atoms with Crippen LogP contribution in [0.5, 0.6) is 0 Å². The van der Waals surface area contributed by atoms with Gasteiger partial charge in [0.25, 0.3) is 6.43 Å². The molecule has 1 aliphatic heterocycles. The van der Waals surface area contributed by atoms with Gasteiger partial charge in [-0.25, -0.2) is 8.78 Å². The van der Waals surface area contributed by atoms with E-state index < -0.39 is 6.43 Å². The number of nitrogens with one attached hydrogen (secondary N) is 1. The molecule has 0 aromatic carbocycles. The molecule has 16 heavy (non-hydrogen) atoms. The van der Waals surface area contributed by atoms with Crippen LogP contribution in [-0.4, -0.2) is 55.8 Å². The van der Waals surface area contributed by atoms with E-state index in [0.717, 1.165) is 32.4 Å². The molecule has 2 N–H and O–H groups in total. The summed E-state index contributed by atoms with van der Waals surface area (Å²) in [7, 11) is 2.02. The van der Waals surface area contributed by atoms with Gasteiger partial charge in [0.05, 0.1) is 6.54 Å². The molecule has 96 valence electrons. The number of halogens is 2. The van der Waals surface area contributed by atoms with Gasteiger partial charge in [-0.2, -0.15) is 0 Å². The van der Waals surface area contributed by atoms with Crippen LogP contribution in [-0.2, 0) is 0 Å². The molecule has 0 aromatic rings. The second-order valence-corrected chi connectivity index (χ2v) is 4.69. The molecule has 1 heterocycles. The minimum absolute atomic E-state index is 0.163. The lowest BCUT2D eigenvalue weighted by Gasteiger charge is -2.36. The molecular formula is C11H22F2N2O. The van der Waals surface area contributed by atoms with Crippen molar-refractivity contribution in [2.75, 3.05) is 33.3 Å². The second-order valence-electron chi connectivity index (χ2n) is 4.69. The summed E-state index contributed by atoms with van der Waals surface area (Å²) in [5, 5.41) is 11.7. The van der Waals surface area contributed by atoms with Gasteiger partial charge < -0.3 is 15.3 Å². The van der Waals surface area contributed by atoms with E-state index in [2.05, 4.69) is 10.2 Å². The summed E-state index contributed by atoms with van der Waals surface area (Å²) in [6.07, 6.45) is 0.452. The van der Waals surface area contributed by atoms with Crippen LogP contribution < -0.4 is 5.32 Å². The Bertz CT molecular complexity index is 193. The molecule has 0 amide bonds. The van der Waals surface area contributed by atoms with Crippen LogP contribution in [0.2, 0.25) is 0 Å². The molecule has 0 bridgehead atoms. The number of hydrogen-bond acceptors (Lipinski definition) is 3. The maximum absolute atomic E-state index is 12.1. The highest BCUT2D eigenvalue weighted by Crippen LogP contribution is 2.20. The van der Waals surface area contributed by atoms with Gasteiger partial charge in [0.15, 0.2) is 0 Å². The first-order valence-corrected chi connectivity index (χ1v) is 5.92. The van der Waals surface area contributed by atoms with Crippen LogP contribution in [0.4, 0.5) is 8.78 Å².